The lowest BCUT2D eigenvalue weighted by atomic mass is 10.1. The highest BCUT2D eigenvalue weighted by atomic mass is 19.1. The van der Waals surface area contributed by atoms with Crippen LogP contribution in [0, 0.1) is 5.82 Å². The van der Waals surface area contributed by atoms with Crippen LogP contribution in [0.25, 0.3) is 0 Å². The number of carbonyl (C=O) groups is 1. The van der Waals surface area contributed by atoms with Gasteiger partial charge in [-0.25, -0.2) is 9.18 Å². The number of nitrogen functional groups attached to an aromatic ring is 1. The Morgan fingerprint density at radius 2 is 1.81 bits per heavy atom. The molecular formula is C15H16FN3O2. The Kier molecular flexibility index (Phi) is 3.98. The van der Waals surface area contributed by atoms with Crippen LogP contribution in [0.15, 0.2) is 36.4 Å². The summed E-state index contributed by atoms with van der Waals surface area (Å²) in [4.78, 5) is 13.2. The first-order valence-electron chi connectivity index (χ1n) is 6.26. The number of benzene rings is 2. The fourth-order valence-electron chi connectivity index (χ4n) is 1.93. The minimum absolute atomic E-state index is 0.249. The number of nitrogens with one attached hydrogen (secondary N) is 1. The number of carboxylic acids is 1. The number of aromatic carboxylic acids is 1. The van der Waals surface area contributed by atoms with Crippen LogP contribution in [-0.2, 0) is 0 Å². The molecule has 0 aliphatic carbocycles. The molecule has 0 aromatic heterocycles. The summed E-state index contributed by atoms with van der Waals surface area (Å²) in [6.45, 7) is 0. The molecule has 21 heavy (non-hydrogen) atoms. The third-order valence-corrected chi connectivity index (χ3v) is 3.07. The quantitative estimate of drug-likeness (QED) is 0.754. The number of hydrogen-bond donors (Lipinski definition) is 3. The van der Waals surface area contributed by atoms with Gasteiger partial charge in [-0.15, -0.1) is 0 Å². The van der Waals surface area contributed by atoms with Crippen LogP contribution in [0.2, 0.25) is 0 Å². The highest BCUT2D eigenvalue weighted by Crippen LogP contribution is 2.28. The second-order valence-corrected chi connectivity index (χ2v) is 4.76. The van der Waals surface area contributed by atoms with E-state index in [-0.39, 0.29) is 16.9 Å². The minimum atomic E-state index is -1.28. The van der Waals surface area contributed by atoms with E-state index in [0.29, 0.717) is 5.69 Å². The molecule has 0 heterocycles. The van der Waals surface area contributed by atoms with E-state index in [1.165, 1.54) is 6.07 Å². The fraction of sp³-hybridized carbons (Fsp3) is 0.133. The maximum absolute atomic E-state index is 13.4. The molecule has 0 saturated heterocycles. The summed E-state index contributed by atoms with van der Waals surface area (Å²) in [5.74, 6) is -2.03. The van der Waals surface area contributed by atoms with Gasteiger partial charge in [0.2, 0.25) is 0 Å². The highest BCUT2D eigenvalue weighted by Gasteiger charge is 2.17. The van der Waals surface area contributed by atoms with Crippen molar-refractivity contribution in [2.24, 2.45) is 0 Å². The van der Waals surface area contributed by atoms with Crippen molar-refractivity contribution in [1.82, 2.24) is 0 Å². The fourth-order valence-corrected chi connectivity index (χ4v) is 1.93. The Bertz CT molecular complexity index is 669. The topological polar surface area (TPSA) is 78.6 Å². The molecule has 2 rings (SSSR count). The monoisotopic (exact) mass is 289 g/mol. The molecule has 0 amide bonds. The van der Waals surface area contributed by atoms with Crippen molar-refractivity contribution in [2.75, 3.05) is 30.0 Å². The summed E-state index contributed by atoms with van der Waals surface area (Å²) in [5, 5.41) is 12.1. The van der Waals surface area contributed by atoms with E-state index in [1.807, 2.05) is 31.1 Å². The smallest absolute Gasteiger partial charge is 0.340 e. The Morgan fingerprint density at radius 1 is 1.19 bits per heavy atom. The molecule has 0 aliphatic heterocycles. The number of carboxylic acid groups (broad SMARTS) is 1. The molecular weight excluding hydrogens is 273 g/mol. The number of nitrogens with two attached hydrogens (primary N) is 1. The Labute approximate surface area is 121 Å². The van der Waals surface area contributed by atoms with Gasteiger partial charge in [0.15, 0.2) is 0 Å². The normalized spacial score (nSPS) is 10.2. The second kappa shape index (κ2) is 5.70. The largest absolute Gasteiger partial charge is 0.478 e. The van der Waals surface area contributed by atoms with Crippen molar-refractivity contribution in [2.45, 2.75) is 0 Å². The highest BCUT2D eigenvalue weighted by molar-refractivity contribution is 6.00. The first-order chi connectivity index (χ1) is 9.90. The van der Waals surface area contributed by atoms with Crippen molar-refractivity contribution in [3.63, 3.8) is 0 Å². The van der Waals surface area contributed by atoms with Crippen LogP contribution in [0.1, 0.15) is 10.4 Å². The summed E-state index contributed by atoms with van der Waals surface area (Å²) in [7, 11) is 3.84. The second-order valence-electron chi connectivity index (χ2n) is 4.76. The first-order valence-corrected chi connectivity index (χ1v) is 6.26. The van der Waals surface area contributed by atoms with E-state index in [0.717, 1.165) is 11.8 Å². The summed E-state index contributed by atoms with van der Waals surface area (Å²) in [5.41, 5.74) is 6.80. The lowest BCUT2D eigenvalue weighted by Crippen LogP contribution is -2.09. The Morgan fingerprint density at radius 3 is 2.33 bits per heavy atom. The molecule has 0 aliphatic rings. The van der Waals surface area contributed by atoms with E-state index in [2.05, 4.69) is 5.32 Å². The van der Waals surface area contributed by atoms with E-state index < -0.39 is 11.8 Å². The van der Waals surface area contributed by atoms with Crippen LogP contribution in [0.3, 0.4) is 0 Å². The Balaban J connectivity index is 2.35. The van der Waals surface area contributed by atoms with Crippen LogP contribution in [0.5, 0.6) is 0 Å². The number of anilines is 4. The minimum Gasteiger partial charge on any atom is -0.478 e. The molecule has 0 bridgehead atoms. The zero-order chi connectivity index (χ0) is 15.6. The van der Waals surface area contributed by atoms with Gasteiger partial charge in [-0.3, -0.25) is 0 Å². The zero-order valence-corrected chi connectivity index (χ0v) is 11.7. The van der Waals surface area contributed by atoms with Gasteiger partial charge in [0.05, 0.1) is 11.4 Å². The van der Waals surface area contributed by atoms with E-state index in [1.54, 1.807) is 12.1 Å². The average Bonchev–Trinajstić information content (AvgIpc) is 2.43. The van der Waals surface area contributed by atoms with E-state index in [4.69, 9.17) is 5.73 Å². The van der Waals surface area contributed by atoms with Crippen LogP contribution < -0.4 is 16.0 Å². The summed E-state index contributed by atoms with van der Waals surface area (Å²) in [6.07, 6.45) is 0. The summed E-state index contributed by atoms with van der Waals surface area (Å²) in [6, 6.07) is 9.87. The molecule has 0 radical (unpaired) electrons. The van der Waals surface area contributed by atoms with Gasteiger partial charge in [0.25, 0.3) is 0 Å². The average molecular weight is 289 g/mol. The Hall–Kier alpha value is -2.76. The lowest BCUT2D eigenvalue weighted by molar-refractivity contribution is 0.0698. The van der Waals surface area contributed by atoms with Crippen molar-refractivity contribution in [1.29, 1.82) is 0 Å². The SMILES string of the molecule is CN(C)c1ccc(Nc2ccc(F)c(N)c2C(=O)O)cc1. The molecule has 6 heteroatoms. The maximum Gasteiger partial charge on any atom is 0.340 e. The van der Waals surface area contributed by atoms with Gasteiger partial charge in [-0.2, -0.15) is 0 Å². The van der Waals surface area contributed by atoms with Crippen LogP contribution >= 0.6 is 0 Å². The van der Waals surface area contributed by atoms with Crippen molar-refractivity contribution >= 4 is 28.7 Å². The van der Waals surface area contributed by atoms with Crippen LogP contribution in [0.4, 0.5) is 27.1 Å². The number of hydrogen-bond acceptors (Lipinski definition) is 4. The van der Waals surface area contributed by atoms with Gasteiger partial charge >= 0.3 is 5.97 Å². The third-order valence-electron chi connectivity index (χ3n) is 3.07. The predicted molar refractivity (Wildman–Crippen MR) is 81.8 cm³/mol. The lowest BCUT2D eigenvalue weighted by Gasteiger charge is -2.15. The number of rotatable bonds is 4. The number of halogens is 1. The van der Waals surface area contributed by atoms with E-state index in [9.17, 15) is 14.3 Å². The molecule has 0 fully saturated rings. The van der Waals surface area contributed by atoms with Crippen molar-refractivity contribution in [3.05, 3.63) is 47.8 Å². The summed E-state index contributed by atoms with van der Waals surface area (Å²) < 4.78 is 13.4. The molecule has 4 N–H and O–H groups in total. The van der Waals surface area contributed by atoms with Gasteiger partial charge in [-0.05, 0) is 36.4 Å². The zero-order valence-electron chi connectivity index (χ0n) is 11.7. The van der Waals surface area contributed by atoms with E-state index >= 15 is 0 Å². The van der Waals surface area contributed by atoms with Gasteiger partial charge < -0.3 is 21.1 Å². The predicted octanol–water partition coefficient (Wildman–Crippen LogP) is 2.92. The molecule has 0 spiro atoms. The van der Waals surface area contributed by atoms with Crippen LogP contribution in [-0.4, -0.2) is 25.2 Å². The standard InChI is InChI=1S/C15H16FN3O2/c1-19(2)10-5-3-9(4-6-10)18-12-8-7-11(16)14(17)13(12)15(20)21/h3-8,18H,17H2,1-2H3,(H,20,21). The molecule has 2 aromatic rings. The van der Waals surface area contributed by atoms with Gasteiger partial charge in [0, 0.05) is 25.5 Å². The molecule has 5 nitrogen and oxygen atoms in total. The maximum atomic E-state index is 13.4. The van der Waals surface area contributed by atoms with Crippen molar-refractivity contribution < 1.29 is 14.3 Å². The van der Waals surface area contributed by atoms with Gasteiger partial charge in [0.1, 0.15) is 11.4 Å². The molecule has 0 atom stereocenters. The van der Waals surface area contributed by atoms with Gasteiger partial charge in [-0.1, -0.05) is 0 Å². The first kappa shape index (κ1) is 14.6. The molecule has 0 unspecified atom stereocenters. The molecule has 0 saturated carbocycles. The molecule has 2 aromatic carbocycles. The third kappa shape index (κ3) is 3.05. The molecule has 110 valence electrons. The van der Waals surface area contributed by atoms with Crippen molar-refractivity contribution in [3.8, 4) is 0 Å². The summed E-state index contributed by atoms with van der Waals surface area (Å²) >= 11 is 0. The number of nitrogens with zero attached hydrogens (tertiary/aromatic N) is 1.